The molecule has 6 heteroatoms. The lowest BCUT2D eigenvalue weighted by molar-refractivity contribution is -0.135. The van der Waals surface area contributed by atoms with Crippen LogP contribution in [0.4, 0.5) is 18.9 Å². The van der Waals surface area contributed by atoms with Gasteiger partial charge in [-0.3, -0.25) is 0 Å². The molecule has 0 aromatic heterocycles. The largest absolute Gasteiger partial charge is 0.389 e. The van der Waals surface area contributed by atoms with Gasteiger partial charge in [0.25, 0.3) is 0 Å². The molecule has 1 rings (SSSR count). The Morgan fingerprint density at radius 1 is 1.33 bits per heavy atom. The molecule has 18 heavy (non-hydrogen) atoms. The first-order valence-electron chi connectivity index (χ1n) is 5.48. The number of nitrogens with two attached hydrogens (primary N) is 1. The van der Waals surface area contributed by atoms with E-state index in [1.807, 2.05) is 0 Å². The highest BCUT2D eigenvalue weighted by atomic mass is 32.1. The second-order valence-electron chi connectivity index (χ2n) is 4.02. The average molecular weight is 276 g/mol. The monoisotopic (exact) mass is 276 g/mol. The van der Waals surface area contributed by atoms with Gasteiger partial charge in [0.1, 0.15) is 4.99 Å². The summed E-state index contributed by atoms with van der Waals surface area (Å²) in [5.41, 5.74) is 7.01. The van der Waals surface area contributed by atoms with Crippen LogP contribution < -0.4 is 10.6 Å². The number of anilines is 1. The van der Waals surface area contributed by atoms with E-state index in [1.54, 1.807) is 36.2 Å². The summed E-state index contributed by atoms with van der Waals surface area (Å²) in [7, 11) is 1.73. The molecule has 0 aliphatic heterocycles. The van der Waals surface area contributed by atoms with E-state index in [0.29, 0.717) is 12.1 Å². The maximum Gasteiger partial charge on any atom is 0.389 e. The molecule has 0 fully saturated rings. The van der Waals surface area contributed by atoms with Crippen molar-refractivity contribution in [3.8, 4) is 0 Å². The summed E-state index contributed by atoms with van der Waals surface area (Å²) in [5, 5.41) is 0. The predicted molar refractivity (Wildman–Crippen MR) is 70.9 cm³/mol. The van der Waals surface area contributed by atoms with E-state index in [1.165, 1.54) is 0 Å². The molecule has 0 saturated carbocycles. The molecule has 0 spiro atoms. The molecule has 1 aromatic rings. The lowest BCUT2D eigenvalue weighted by Gasteiger charge is -2.22. The van der Waals surface area contributed by atoms with Crippen LogP contribution in [-0.4, -0.2) is 24.8 Å². The van der Waals surface area contributed by atoms with Gasteiger partial charge >= 0.3 is 6.18 Å². The molecule has 0 bridgehead atoms. The number of benzene rings is 1. The second-order valence-corrected chi connectivity index (χ2v) is 4.46. The number of halogens is 3. The Balaban J connectivity index is 2.67. The highest BCUT2D eigenvalue weighted by Gasteiger charge is 2.26. The van der Waals surface area contributed by atoms with Crippen LogP contribution in [0.5, 0.6) is 0 Å². The minimum Gasteiger partial charge on any atom is -0.389 e. The second kappa shape index (κ2) is 6.04. The fourth-order valence-corrected chi connectivity index (χ4v) is 1.82. The number of alkyl halides is 3. The van der Waals surface area contributed by atoms with Gasteiger partial charge in [0.15, 0.2) is 0 Å². The molecular formula is C12H15F3N2S. The zero-order valence-electron chi connectivity index (χ0n) is 10.00. The number of rotatable bonds is 5. The summed E-state index contributed by atoms with van der Waals surface area (Å²) >= 11 is 4.91. The molecule has 100 valence electrons. The van der Waals surface area contributed by atoms with Crippen LogP contribution in [0.3, 0.4) is 0 Å². The minimum absolute atomic E-state index is 0.0473. The molecule has 0 heterocycles. The molecule has 2 nitrogen and oxygen atoms in total. The van der Waals surface area contributed by atoms with Crippen molar-refractivity contribution >= 4 is 22.9 Å². The predicted octanol–water partition coefficient (Wildman–Crippen LogP) is 3.10. The summed E-state index contributed by atoms with van der Waals surface area (Å²) in [6.07, 6.45) is -4.85. The van der Waals surface area contributed by atoms with E-state index < -0.39 is 12.6 Å². The van der Waals surface area contributed by atoms with E-state index in [-0.39, 0.29) is 11.4 Å². The van der Waals surface area contributed by atoms with Crippen LogP contribution in [0.1, 0.15) is 18.4 Å². The van der Waals surface area contributed by atoms with Crippen LogP contribution in [0, 0.1) is 0 Å². The quantitative estimate of drug-likeness (QED) is 0.838. The van der Waals surface area contributed by atoms with Gasteiger partial charge in [-0.25, -0.2) is 0 Å². The number of hydrogen-bond donors (Lipinski definition) is 1. The smallest absolute Gasteiger partial charge is 0.389 e. The van der Waals surface area contributed by atoms with Crippen molar-refractivity contribution in [3.63, 3.8) is 0 Å². The SMILES string of the molecule is CN(CCCC(F)(F)F)c1ccccc1C(N)=S. The number of para-hydroxylation sites is 1. The topological polar surface area (TPSA) is 29.3 Å². The molecule has 0 unspecified atom stereocenters. The lowest BCUT2D eigenvalue weighted by atomic mass is 10.1. The van der Waals surface area contributed by atoms with Crippen LogP contribution in [0.25, 0.3) is 0 Å². The minimum atomic E-state index is -4.11. The van der Waals surface area contributed by atoms with Crippen molar-refractivity contribution in [2.75, 3.05) is 18.5 Å². The van der Waals surface area contributed by atoms with Crippen molar-refractivity contribution in [1.82, 2.24) is 0 Å². The third-order valence-electron chi connectivity index (χ3n) is 2.53. The zero-order valence-corrected chi connectivity index (χ0v) is 10.8. The van der Waals surface area contributed by atoms with Crippen molar-refractivity contribution in [1.29, 1.82) is 0 Å². The molecular weight excluding hydrogens is 261 g/mol. The van der Waals surface area contributed by atoms with Crippen LogP contribution >= 0.6 is 12.2 Å². The fraction of sp³-hybridized carbons (Fsp3) is 0.417. The first-order valence-corrected chi connectivity index (χ1v) is 5.89. The van der Waals surface area contributed by atoms with Gasteiger partial charge in [0.2, 0.25) is 0 Å². The Morgan fingerprint density at radius 3 is 2.50 bits per heavy atom. The molecule has 0 amide bonds. The number of hydrogen-bond acceptors (Lipinski definition) is 2. The van der Waals surface area contributed by atoms with Gasteiger partial charge < -0.3 is 10.6 Å². The van der Waals surface area contributed by atoms with Crippen molar-refractivity contribution < 1.29 is 13.2 Å². The van der Waals surface area contributed by atoms with Crippen molar-refractivity contribution in [2.45, 2.75) is 19.0 Å². The summed E-state index contributed by atoms with van der Waals surface area (Å²) in [6.45, 7) is 0.305. The van der Waals surface area contributed by atoms with E-state index >= 15 is 0 Å². The Kier molecular flexibility index (Phi) is 4.95. The highest BCUT2D eigenvalue weighted by Crippen LogP contribution is 2.23. The third kappa shape index (κ3) is 4.52. The van der Waals surface area contributed by atoms with E-state index in [2.05, 4.69) is 0 Å². The standard InChI is InChI=1S/C12H15F3N2S/c1-17(8-4-7-12(13,14)15)10-6-3-2-5-9(10)11(16)18/h2-3,5-6H,4,7-8H2,1H3,(H2,16,18). The van der Waals surface area contributed by atoms with Crippen molar-refractivity contribution in [3.05, 3.63) is 29.8 Å². The van der Waals surface area contributed by atoms with Crippen LogP contribution in [-0.2, 0) is 0 Å². The Bertz CT molecular complexity index is 418. The molecule has 0 aliphatic rings. The average Bonchev–Trinajstić information content (AvgIpc) is 2.27. The first kappa shape index (κ1) is 14.8. The number of nitrogens with zero attached hydrogens (tertiary/aromatic N) is 1. The zero-order chi connectivity index (χ0) is 13.8. The van der Waals surface area contributed by atoms with Gasteiger partial charge in [-0.2, -0.15) is 13.2 Å². The summed E-state index contributed by atoms with van der Waals surface area (Å²) < 4.78 is 36.2. The van der Waals surface area contributed by atoms with E-state index in [0.717, 1.165) is 5.69 Å². The van der Waals surface area contributed by atoms with Gasteiger partial charge in [-0.1, -0.05) is 24.4 Å². The van der Waals surface area contributed by atoms with E-state index in [9.17, 15) is 13.2 Å². The molecule has 1 aromatic carbocycles. The summed E-state index contributed by atoms with van der Waals surface area (Å²) in [4.78, 5) is 1.98. The summed E-state index contributed by atoms with van der Waals surface area (Å²) in [6, 6.07) is 7.15. The first-order chi connectivity index (χ1) is 8.31. The highest BCUT2D eigenvalue weighted by molar-refractivity contribution is 7.80. The van der Waals surface area contributed by atoms with Gasteiger partial charge in [-0.05, 0) is 18.6 Å². The fourth-order valence-electron chi connectivity index (χ4n) is 1.65. The molecule has 0 atom stereocenters. The third-order valence-corrected chi connectivity index (χ3v) is 2.75. The normalized spacial score (nSPS) is 11.3. The Morgan fingerprint density at radius 2 is 1.94 bits per heavy atom. The Hall–Kier alpha value is -1.30. The van der Waals surface area contributed by atoms with Gasteiger partial charge in [0.05, 0.1) is 0 Å². The van der Waals surface area contributed by atoms with Gasteiger partial charge in [-0.15, -0.1) is 0 Å². The lowest BCUT2D eigenvalue weighted by Crippen LogP contribution is -2.24. The maximum atomic E-state index is 12.1. The van der Waals surface area contributed by atoms with Crippen LogP contribution in [0.2, 0.25) is 0 Å². The van der Waals surface area contributed by atoms with Crippen LogP contribution in [0.15, 0.2) is 24.3 Å². The maximum absolute atomic E-state index is 12.1. The van der Waals surface area contributed by atoms with E-state index in [4.69, 9.17) is 18.0 Å². The Labute approximate surface area is 110 Å². The molecule has 0 radical (unpaired) electrons. The molecule has 0 saturated heterocycles. The van der Waals surface area contributed by atoms with Crippen molar-refractivity contribution in [2.24, 2.45) is 5.73 Å². The molecule has 0 aliphatic carbocycles. The molecule has 2 N–H and O–H groups in total. The number of thiocarbonyl (C=S) groups is 1. The van der Waals surface area contributed by atoms with Gasteiger partial charge in [0, 0.05) is 31.3 Å². The summed E-state index contributed by atoms with van der Waals surface area (Å²) in [5.74, 6) is 0.